The van der Waals surface area contributed by atoms with Crippen LogP contribution in [0.1, 0.15) is 85.0 Å². The van der Waals surface area contributed by atoms with Crippen molar-refractivity contribution in [1.29, 1.82) is 0 Å². The number of rotatable bonds is 16. The van der Waals surface area contributed by atoms with Gasteiger partial charge in [-0.3, -0.25) is 9.59 Å². The van der Waals surface area contributed by atoms with Crippen LogP contribution in [0.3, 0.4) is 0 Å². The van der Waals surface area contributed by atoms with E-state index < -0.39 is 24.0 Å². The lowest BCUT2D eigenvalue weighted by atomic mass is 10.1. The highest BCUT2D eigenvalue weighted by molar-refractivity contribution is 5.74. The Morgan fingerprint density at radius 2 is 1.52 bits per heavy atom. The van der Waals surface area contributed by atoms with Crippen LogP contribution in [0.4, 0.5) is 0 Å². The highest BCUT2D eigenvalue weighted by Crippen LogP contribution is 2.10. The highest BCUT2D eigenvalue weighted by atomic mass is 16.5. The molecule has 0 fully saturated rings. The molecule has 2 atom stereocenters. The van der Waals surface area contributed by atoms with Gasteiger partial charge >= 0.3 is 11.9 Å². The van der Waals surface area contributed by atoms with Crippen molar-refractivity contribution in [2.75, 3.05) is 13.2 Å². The van der Waals surface area contributed by atoms with Crippen molar-refractivity contribution < 1.29 is 19.4 Å². The number of ether oxygens (including phenoxy) is 1. The summed E-state index contributed by atoms with van der Waals surface area (Å²) in [5.41, 5.74) is 5.17. The van der Waals surface area contributed by atoms with Crippen molar-refractivity contribution in [2.45, 2.75) is 97.1 Å². The maximum absolute atomic E-state index is 10.5. The van der Waals surface area contributed by atoms with E-state index in [-0.39, 0.29) is 6.61 Å². The van der Waals surface area contributed by atoms with E-state index in [2.05, 4.69) is 23.6 Å². The van der Waals surface area contributed by atoms with Crippen molar-refractivity contribution in [3.05, 3.63) is 12.7 Å². The molecule has 0 heterocycles. The Bertz CT molecular complexity index is 373. The number of aliphatic carboxylic acids is 1. The number of carboxylic acid groups (broad SMARTS) is 1. The van der Waals surface area contributed by atoms with Gasteiger partial charge in [0.15, 0.2) is 0 Å². The van der Waals surface area contributed by atoms with E-state index in [4.69, 9.17) is 10.8 Å². The van der Waals surface area contributed by atoms with Gasteiger partial charge in [-0.15, -0.1) is 0 Å². The van der Waals surface area contributed by atoms with Crippen molar-refractivity contribution in [3.8, 4) is 0 Å². The summed E-state index contributed by atoms with van der Waals surface area (Å²) in [6, 6.07) is -0.950. The first-order valence-corrected chi connectivity index (χ1v) is 10.4. The first kappa shape index (κ1) is 27.8. The third kappa shape index (κ3) is 22.6. The van der Waals surface area contributed by atoms with Crippen LogP contribution in [0, 0.1) is 0 Å². The monoisotopic (exact) mass is 386 g/mol. The summed E-state index contributed by atoms with van der Waals surface area (Å²) in [5.74, 6) is -1.16. The van der Waals surface area contributed by atoms with Crippen LogP contribution in [-0.2, 0) is 14.3 Å². The molecule has 27 heavy (non-hydrogen) atoms. The van der Waals surface area contributed by atoms with Gasteiger partial charge in [0.2, 0.25) is 0 Å². The molecule has 0 aliphatic carbocycles. The maximum Gasteiger partial charge on any atom is 0.322 e. The van der Waals surface area contributed by atoms with Crippen LogP contribution in [-0.4, -0.2) is 42.3 Å². The summed E-state index contributed by atoms with van der Waals surface area (Å²) in [7, 11) is 0. The Hall–Kier alpha value is -1.40. The van der Waals surface area contributed by atoms with E-state index in [0.29, 0.717) is 0 Å². The molecule has 2 unspecified atom stereocenters. The number of carboxylic acids is 1. The lowest BCUT2D eigenvalue weighted by Gasteiger charge is -2.08. The molecule has 0 amide bonds. The van der Waals surface area contributed by atoms with Gasteiger partial charge in [-0.25, -0.2) is 0 Å². The number of hydrogen-bond donors (Lipinski definition) is 3. The van der Waals surface area contributed by atoms with Crippen LogP contribution < -0.4 is 11.1 Å². The minimum absolute atomic E-state index is 0.236. The average Bonchev–Trinajstić information content (AvgIpc) is 2.64. The standard InChI is InChI=1S/C15H31NO2.C6H11NO2/c1-3-4-5-6-7-8-9-10-11-12-13-16-14(2)15(17)18;1-3-4-9-6(8)5(2)7/h14,16H,3-13H2,1-2H3,(H,17,18);3,5H,1,4,7H2,2H3. The quantitative estimate of drug-likeness (QED) is 0.210. The van der Waals surface area contributed by atoms with E-state index >= 15 is 0 Å². The van der Waals surface area contributed by atoms with Gasteiger partial charge in [-0.1, -0.05) is 77.4 Å². The van der Waals surface area contributed by atoms with Crippen molar-refractivity contribution in [1.82, 2.24) is 5.32 Å². The molecule has 4 N–H and O–H groups in total. The topological polar surface area (TPSA) is 102 Å². The fraction of sp³-hybridized carbons (Fsp3) is 0.810. The van der Waals surface area contributed by atoms with Crippen LogP contribution >= 0.6 is 0 Å². The number of carbonyl (C=O) groups excluding carboxylic acids is 1. The zero-order valence-corrected chi connectivity index (χ0v) is 17.7. The summed E-state index contributed by atoms with van der Waals surface area (Å²) in [6.45, 7) is 9.95. The second-order valence-corrected chi connectivity index (χ2v) is 6.90. The van der Waals surface area contributed by atoms with E-state index in [9.17, 15) is 9.59 Å². The Labute approximate surface area is 165 Å². The lowest BCUT2D eigenvalue weighted by Crippen LogP contribution is -2.34. The van der Waals surface area contributed by atoms with Gasteiger partial charge < -0.3 is 20.9 Å². The molecule has 0 aromatic heterocycles. The Balaban J connectivity index is 0. The number of nitrogens with one attached hydrogen (secondary N) is 1. The maximum atomic E-state index is 10.5. The number of nitrogens with two attached hydrogens (primary N) is 1. The second kappa shape index (κ2) is 20.9. The smallest absolute Gasteiger partial charge is 0.322 e. The summed E-state index contributed by atoms with van der Waals surface area (Å²) < 4.78 is 4.57. The Kier molecular flexibility index (Phi) is 21.5. The molecule has 0 saturated heterocycles. The van der Waals surface area contributed by atoms with Crippen molar-refractivity contribution in [3.63, 3.8) is 0 Å². The minimum atomic E-state index is -0.762. The van der Waals surface area contributed by atoms with Crippen LogP contribution in [0.5, 0.6) is 0 Å². The summed E-state index contributed by atoms with van der Waals surface area (Å²) in [4.78, 5) is 21.1. The van der Waals surface area contributed by atoms with Crippen LogP contribution in [0.2, 0.25) is 0 Å². The van der Waals surface area contributed by atoms with Crippen molar-refractivity contribution >= 4 is 11.9 Å². The van der Waals surface area contributed by atoms with Gasteiger partial charge in [0.1, 0.15) is 18.7 Å². The second-order valence-electron chi connectivity index (χ2n) is 6.90. The first-order chi connectivity index (χ1) is 12.9. The normalized spacial score (nSPS) is 12.4. The molecule has 0 aromatic carbocycles. The molecule has 0 radical (unpaired) electrons. The largest absolute Gasteiger partial charge is 0.480 e. The van der Waals surface area contributed by atoms with E-state index in [1.165, 1.54) is 63.9 Å². The van der Waals surface area contributed by atoms with Gasteiger partial charge in [0.25, 0.3) is 0 Å². The average molecular weight is 387 g/mol. The molecule has 0 saturated carbocycles. The third-order valence-electron chi connectivity index (χ3n) is 4.07. The number of esters is 1. The molecule has 0 aliphatic rings. The lowest BCUT2D eigenvalue weighted by molar-refractivity contribution is -0.143. The van der Waals surface area contributed by atoms with E-state index in [1.54, 1.807) is 13.8 Å². The van der Waals surface area contributed by atoms with E-state index in [1.807, 2.05) is 0 Å². The molecule has 0 bridgehead atoms. The molecule has 6 heteroatoms. The molecule has 0 aliphatic heterocycles. The van der Waals surface area contributed by atoms with Crippen molar-refractivity contribution in [2.24, 2.45) is 5.73 Å². The summed E-state index contributed by atoms with van der Waals surface area (Å²) >= 11 is 0. The molecule has 6 nitrogen and oxygen atoms in total. The molecular weight excluding hydrogens is 344 g/mol. The fourth-order valence-electron chi connectivity index (χ4n) is 2.29. The zero-order valence-electron chi connectivity index (χ0n) is 17.7. The number of unbranched alkanes of at least 4 members (excludes halogenated alkanes) is 9. The first-order valence-electron chi connectivity index (χ1n) is 10.4. The SMILES string of the molecule is C=CCOC(=O)C(C)N.CCCCCCCCCCCCNC(C)C(=O)O. The fourth-order valence-corrected chi connectivity index (χ4v) is 2.29. The number of carbonyl (C=O) groups is 2. The van der Waals surface area contributed by atoms with Crippen LogP contribution in [0.15, 0.2) is 12.7 Å². The zero-order chi connectivity index (χ0) is 20.9. The summed E-state index contributed by atoms with van der Waals surface area (Å²) in [5, 5.41) is 11.7. The van der Waals surface area contributed by atoms with Gasteiger partial charge in [-0.2, -0.15) is 0 Å². The van der Waals surface area contributed by atoms with Crippen LogP contribution in [0.25, 0.3) is 0 Å². The van der Waals surface area contributed by atoms with Gasteiger partial charge in [0.05, 0.1) is 0 Å². The third-order valence-corrected chi connectivity index (χ3v) is 4.07. The summed E-state index contributed by atoms with van der Waals surface area (Å²) in [6.07, 6.45) is 14.7. The Morgan fingerprint density at radius 3 is 1.93 bits per heavy atom. The van der Waals surface area contributed by atoms with Gasteiger partial charge in [0, 0.05) is 0 Å². The molecule has 0 aromatic rings. The molecule has 160 valence electrons. The highest BCUT2D eigenvalue weighted by Gasteiger charge is 2.08. The predicted molar refractivity (Wildman–Crippen MR) is 112 cm³/mol. The molecule has 0 spiro atoms. The number of hydrogen-bond acceptors (Lipinski definition) is 5. The predicted octanol–water partition coefficient (Wildman–Crippen LogP) is 4.03. The molecule has 0 rings (SSSR count). The van der Waals surface area contributed by atoms with Gasteiger partial charge in [-0.05, 0) is 26.8 Å². The van der Waals surface area contributed by atoms with E-state index in [0.717, 1.165) is 13.0 Å². The Morgan fingerprint density at radius 1 is 1.04 bits per heavy atom. The molecular formula is C21H42N2O4. The minimum Gasteiger partial charge on any atom is -0.480 e.